The molecule has 1 atom stereocenters. The van der Waals surface area contributed by atoms with Gasteiger partial charge in [-0.1, -0.05) is 19.8 Å². The third kappa shape index (κ3) is 2.13. The summed E-state index contributed by atoms with van der Waals surface area (Å²) in [6.07, 6.45) is 3.55. The number of nitrogens with zero attached hydrogens (tertiary/aromatic N) is 1. The molecule has 1 aliphatic heterocycles. The van der Waals surface area contributed by atoms with Gasteiger partial charge in [-0.15, -0.1) is 0 Å². The molecule has 1 rings (SSSR count). The summed E-state index contributed by atoms with van der Waals surface area (Å²) in [5.41, 5.74) is 0. The van der Waals surface area contributed by atoms with Crippen LogP contribution in [0, 0.1) is 0 Å². The average molecular weight is 170 g/mol. The highest BCUT2D eigenvalue weighted by Crippen LogP contribution is 2.10. The Hall–Kier alpha value is -0.730. The second kappa shape index (κ2) is 4.33. The summed E-state index contributed by atoms with van der Waals surface area (Å²) in [7, 11) is 0. The van der Waals surface area contributed by atoms with Gasteiger partial charge in [0.15, 0.2) is 0 Å². The first-order valence-corrected chi connectivity index (χ1v) is 4.80. The van der Waals surface area contributed by atoms with E-state index in [1.807, 2.05) is 4.90 Å². The van der Waals surface area contributed by atoms with E-state index in [0.717, 1.165) is 19.5 Å². The molecule has 0 radical (unpaired) electrons. The summed E-state index contributed by atoms with van der Waals surface area (Å²) in [4.78, 5) is 13.1. The molecule has 1 aliphatic rings. The number of unbranched alkanes of at least 4 members (excludes halogenated alkanes) is 1. The predicted octanol–water partition coefficient (Wildman–Crippen LogP) is 1.59. The maximum absolute atomic E-state index is 11.2. The zero-order valence-electron chi connectivity index (χ0n) is 7.97. The van der Waals surface area contributed by atoms with Gasteiger partial charge < -0.3 is 10.2 Å². The van der Waals surface area contributed by atoms with Crippen LogP contribution in [0.1, 0.15) is 33.1 Å². The lowest BCUT2D eigenvalue weighted by Gasteiger charge is -2.22. The first kappa shape index (κ1) is 9.36. The van der Waals surface area contributed by atoms with Crippen molar-refractivity contribution in [1.29, 1.82) is 0 Å². The standard InChI is InChI=1S/C9H18N2O/c1-3-4-5-8(2)11-7-6-10-9(11)12/h8H,3-7H2,1-2H3,(H,10,12). The molecule has 0 spiro atoms. The highest BCUT2D eigenvalue weighted by molar-refractivity contribution is 5.76. The van der Waals surface area contributed by atoms with Crippen LogP contribution in [-0.4, -0.2) is 30.1 Å². The van der Waals surface area contributed by atoms with E-state index in [9.17, 15) is 4.79 Å². The Balaban J connectivity index is 2.30. The number of urea groups is 1. The Kier molecular flexibility index (Phi) is 3.38. The van der Waals surface area contributed by atoms with Crippen LogP contribution in [0.3, 0.4) is 0 Å². The predicted molar refractivity (Wildman–Crippen MR) is 49.1 cm³/mol. The summed E-state index contributed by atoms with van der Waals surface area (Å²) in [5, 5.41) is 2.81. The van der Waals surface area contributed by atoms with Crippen LogP contribution < -0.4 is 5.32 Å². The van der Waals surface area contributed by atoms with Crippen molar-refractivity contribution < 1.29 is 4.79 Å². The van der Waals surface area contributed by atoms with Crippen LogP contribution in [0.2, 0.25) is 0 Å². The van der Waals surface area contributed by atoms with Crippen LogP contribution >= 0.6 is 0 Å². The van der Waals surface area contributed by atoms with Gasteiger partial charge in [0.25, 0.3) is 0 Å². The molecule has 2 amide bonds. The molecule has 70 valence electrons. The van der Waals surface area contributed by atoms with Gasteiger partial charge in [-0.25, -0.2) is 4.79 Å². The van der Waals surface area contributed by atoms with Gasteiger partial charge >= 0.3 is 6.03 Å². The second-order valence-electron chi connectivity index (χ2n) is 3.42. The van der Waals surface area contributed by atoms with E-state index in [4.69, 9.17) is 0 Å². The van der Waals surface area contributed by atoms with Gasteiger partial charge in [-0.05, 0) is 13.3 Å². The lowest BCUT2D eigenvalue weighted by Crippen LogP contribution is -2.35. The number of amides is 2. The van der Waals surface area contributed by atoms with Crippen LogP contribution in [0.5, 0.6) is 0 Å². The largest absolute Gasteiger partial charge is 0.336 e. The van der Waals surface area contributed by atoms with Gasteiger partial charge in [0.1, 0.15) is 0 Å². The molecule has 1 heterocycles. The second-order valence-corrected chi connectivity index (χ2v) is 3.42. The molecule has 0 aromatic heterocycles. The van der Waals surface area contributed by atoms with Crippen LogP contribution in [0.15, 0.2) is 0 Å². The minimum Gasteiger partial charge on any atom is -0.336 e. The first-order chi connectivity index (χ1) is 5.75. The van der Waals surface area contributed by atoms with Gasteiger partial charge in [0.2, 0.25) is 0 Å². The molecule has 1 unspecified atom stereocenters. The molecule has 1 fully saturated rings. The molecule has 0 saturated carbocycles. The monoisotopic (exact) mass is 170 g/mol. The number of carbonyl (C=O) groups excluding carboxylic acids is 1. The van der Waals surface area contributed by atoms with Gasteiger partial charge in [-0.2, -0.15) is 0 Å². The summed E-state index contributed by atoms with van der Waals surface area (Å²) in [5.74, 6) is 0. The molecule has 0 bridgehead atoms. The molecular weight excluding hydrogens is 152 g/mol. The molecule has 3 heteroatoms. The number of hydrogen-bond acceptors (Lipinski definition) is 1. The van der Waals surface area contributed by atoms with Crippen molar-refractivity contribution in [2.45, 2.75) is 39.2 Å². The Bertz CT molecular complexity index is 159. The Morgan fingerprint density at radius 1 is 1.67 bits per heavy atom. The van der Waals surface area contributed by atoms with Crippen molar-refractivity contribution in [2.75, 3.05) is 13.1 Å². The third-order valence-electron chi connectivity index (χ3n) is 2.40. The number of hydrogen-bond donors (Lipinski definition) is 1. The quantitative estimate of drug-likeness (QED) is 0.682. The fourth-order valence-corrected chi connectivity index (χ4v) is 1.56. The van der Waals surface area contributed by atoms with Crippen molar-refractivity contribution in [1.82, 2.24) is 10.2 Å². The fourth-order valence-electron chi connectivity index (χ4n) is 1.56. The molecule has 0 aromatic carbocycles. The molecular formula is C9H18N2O. The molecule has 0 aliphatic carbocycles. The van der Waals surface area contributed by atoms with Crippen molar-refractivity contribution >= 4 is 6.03 Å². The SMILES string of the molecule is CCCCC(C)N1CCNC1=O. The van der Waals surface area contributed by atoms with E-state index >= 15 is 0 Å². The zero-order valence-corrected chi connectivity index (χ0v) is 7.97. The van der Waals surface area contributed by atoms with Gasteiger partial charge in [0.05, 0.1) is 0 Å². The lowest BCUT2D eigenvalue weighted by molar-refractivity contribution is 0.198. The fraction of sp³-hybridized carbons (Fsp3) is 0.889. The zero-order chi connectivity index (χ0) is 8.97. The van der Waals surface area contributed by atoms with E-state index in [-0.39, 0.29) is 6.03 Å². The molecule has 1 saturated heterocycles. The number of rotatable bonds is 4. The lowest BCUT2D eigenvalue weighted by atomic mass is 10.1. The van der Waals surface area contributed by atoms with E-state index < -0.39 is 0 Å². The van der Waals surface area contributed by atoms with Crippen molar-refractivity contribution in [2.24, 2.45) is 0 Å². The van der Waals surface area contributed by atoms with Gasteiger partial charge in [-0.3, -0.25) is 0 Å². The number of carbonyl (C=O) groups is 1. The molecule has 0 aromatic rings. The first-order valence-electron chi connectivity index (χ1n) is 4.80. The molecule has 1 N–H and O–H groups in total. The topological polar surface area (TPSA) is 32.3 Å². The highest BCUT2D eigenvalue weighted by atomic mass is 16.2. The van der Waals surface area contributed by atoms with Crippen molar-refractivity contribution in [3.05, 3.63) is 0 Å². The minimum absolute atomic E-state index is 0.110. The summed E-state index contributed by atoms with van der Waals surface area (Å²) >= 11 is 0. The van der Waals surface area contributed by atoms with Crippen molar-refractivity contribution in [3.8, 4) is 0 Å². The Morgan fingerprint density at radius 3 is 2.92 bits per heavy atom. The summed E-state index contributed by atoms with van der Waals surface area (Å²) in [6.45, 7) is 6.00. The highest BCUT2D eigenvalue weighted by Gasteiger charge is 2.23. The van der Waals surface area contributed by atoms with Crippen LogP contribution in [-0.2, 0) is 0 Å². The maximum atomic E-state index is 11.2. The van der Waals surface area contributed by atoms with E-state index in [1.54, 1.807) is 0 Å². The van der Waals surface area contributed by atoms with Crippen LogP contribution in [0.25, 0.3) is 0 Å². The van der Waals surface area contributed by atoms with E-state index in [0.29, 0.717) is 6.04 Å². The normalized spacial score (nSPS) is 19.5. The van der Waals surface area contributed by atoms with E-state index in [1.165, 1.54) is 12.8 Å². The average Bonchev–Trinajstić information content (AvgIpc) is 2.47. The molecule has 12 heavy (non-hydrogen) atoms. The maximum Gasteiger partial charge on any atom is 0.317 e. The smallest absolute Gasteiger partial charge is 0.317 e. The van der Waals surface area contributed by atoms with Crippen molar-refractivity contribution in [3.63, 3.8) is 0 Å². The van der Waals surface area contributed by atoms with Gasteiger partial charge in [0, 0.05) is 19.1 Å². The summed E-state index contributed by atoms with van der Waals surface area (Å²) < 4.78 is 0. The third-order valence-corrected chi connectivity index (χ3v) is 2.40. The molecule has 3 nitrogen and oxygen atoms in total. The number of nitrogens with one attached hydrogen (secondary N) is 1. The Labute approximate surface area is 74.1 Å². The van der Waals surface area contributed by atoms with E-state index in [2.05, 4.69) is 19.2 Å². The summed E-state index contributed by atoms with van der Waals surface area (Å²) in [6, 6.07) is 0.519. The minimum atomic E-state index is 0.110. The van der Waals surface area contributed by atoms with Crippen LogP contribution in [0.4, 0.5) is 4.79 Å². The Morgan fingerprint density at radius 2 is 2.42 bits per heavy atom.